The van der Waals surface area contributed by atoms with E-state index in [0.29, 0.717) is 0 Å². The van der Waals surface area contributed by atoms with Crippen molar-refractivity contribution < 1.29 is 22.8 Å². The maximum Gasteiger partial charge on any atom is 0.294 e. The third-order valence-corrected chi connectivity index (χ3v) is 6.11. The molecule has 1 N–H and O–H groups in total. The van der Waals surface area contributed by atoms with Gasteiger partial charge in [-0.15, -0.1) is 0 Å². The quantitative estimate of drug-likeness (QED) is 0.750. The second kappa shape index (κ2) is 7.93. The lowest BCUT2D eigenvalue weighted by atomic mass is 10.2. The Morgan fingerprint density at radius 1 is 1.26 bits per heavy atom. The van der Waals surface area contributed by atoms with Crippen molar-refractivity contribution in [3.8, 4) is 0 Å². The first-order chi connectivity index (χ1) is 12.8. The molecular formula is C18H16N2O5S2. The number of sulfone groups is 1. The second-order valence-corrected chi connectivity index (χ2v) is 8.82. The standard InChI is InChI=1S/C18H16N2O5S2/c21-16(19-14-9-10-27(24,25)12-14)11-20-17(22)15(26-18(20)23)8-4-7-13-5-2-1-3-6-13/h1-10,14H,11-12H2,(H,19,21)/b7-4+,15-8+. The van der Waals surface area contributed by atoms with Crippen LogP contribution in [-0.2, 0) is 19.4 Å². The molecule has 140 valence electrons. The summed E-state index contributed by atoms with van der Waals surface area (Å²) in [6.07, 6.45) is 6.37. The van der Waals surface area contributed by atoms with Crippen molar-refractivity contribution in [3.05, 3.63) is 64.4 Å². The molecule has 27 heavy (non-hydrogen) atoms. The van der Waals surface area contributed by atoms with Gasteiger partial charge in [0, 0.05) is 5.41 Å². The van der Waals surface area contributed by atoms with E-state index < -0.39 is 39.5 Å². The van der Waals surface area contributed by atoms with Gasteiger partial charge in [-0.25, -0.2) is 8.42 Å². The molecule has 2 heterocycles. The highest BCUT2D eigenvalue weighted by atomic mass is 32.2. The van der Waals surface area contributed by atoms with Gasteiger partial charge >= 0.3 is 0 Å². The molecule has 0 saturated carbocycles. The fourth-order valence-electron chi connectivity index (χ4n) is 2.52. The molecule has 9 heteroatoms. The van der Waals surface area contributed by atoms with Crippen LogP contribution >= 0.6 is 11.8 Å². The number of hydrogen-bond donors (Lipinski definition) is 1. The summed E-state index contributed by atoms with van der Waals surface area (Å²) in [5.41, 5.74) is 0.951. The minimum atomic E-state index is -3.30. The number of hydrogen-bond acceptors (Lipinski definition) is 6. The van der Waals surface area contributed by atoms with Gasteiger partial charge in [0.2, 0.25) is 5.91 Å². The molecule has 1 fully saturated rings. The van der Waals surface area contributed by atoms with Crippen LogP contribution in [0, 0.1) is 0 Å². The molecule has 0 radical (unpaired) electrons. The predicted molar refractivity (Wildman–Crippen MR) is 103 cm³/mol. The Hall–Kier alpha value is -2.65. The number of nitrogens with zero attached hydrogens (tertiary/aromatic N) is 1. The maximum absolute atomic E-state index is 12.3. The van der Waals surface area contributed by atoms with Crippen molar-refractivity contribution in [1.29, 1.82) is 0 Å². The fraction of sp³-hybridized carbons (Fsp3) is 0.167. The van der Waals surface area contributed by atoms with Crippen LogP contribution in [0.3, 0.4) is 0 Å². The Bertz CT molecular complexity index is 965. The van der Waals surface area contributed by atoms with Gasteiger partial charge in [0.05, 0.1) is 16.7 Å². The lowest BCUT2D eigenvalue weighted by Crippen LogP contribution is -2.43. The highest BCUT2D eigenvalue weighted by molar-refractivity contribution is 8.18. The zero-order valence-corrected chi connectivity index (χ0v) is 15.7. The Labute approximate surface area is 160 Å². The normalized spacial score (nSPS) is 22.9. The molecule has 1 saturated heterocycles. The molecule has 3 rings (SSSR count). The van der Waals surface area contributed by atoms with Crippen LogP contribution in [0.15, 0.2) is 58.9 Å². The molecule has 0 aliphatic carbocycles. The number of rotatable bonds is 5. The summed E-state index contributed by atoms with van der Waals surface area (Å²) >= 11 is 0.759. The molecule has 1 aromatic carbocycles. The van der Waals surface area contributed by atoms with Crippen LogP contribution in [0.1, 0.15) is 5.56 Å². The molecule has 1 atom stereocenters. The molecule has 0 spiro atoms. The van der Waals surface area contributed by atoms with E-state index >= 15 is 0 Å². The van der Waals surface area contributed by atoms with Gasteiger partial charge < -0.3 is 5.32 Å². The zero-order chi connectivity index (χ0) is 19.4. The topological polar surface area (TPSA) is 101 Å². The van der Waals surface area contributed by atoms with Crippen LogP contribution < -0.4 is 5.32 Å². The third-order valence-electron chi connectivity index (χ3n) is 3.79. The molecule has 1 aromatic rings. The summed E-state index contributed by atoms with van der Waals surface area (Å²) in [7, 11) is -3.30. The van der Waals surface area contributed by atoms with E-state index in [4.69, 9.17) is 0 Å². The zero-order valence-electron chi connectivity index (χ0n) is 14.1. The van der Waals surface area contributed by atoms with Crippen molar-refractivity contribution in [2.75, 3.05) is 12.3 Å². The number of carbonyl (C=O) groups excluding carboxylic acids is 3. The molecule has 0 bridgehead atoms. The van der Waals surface area contributed by atoms with Crippen molar-refractivity contribution in [2.24, 2.45) is 0 Å². The van der Waals surface area contributed by atoms with Crippen molar-refractivity contribution in [1.82, 2.24) is 10.2 Å². The number of allylic oxidation sites excluding steroid dienone is 2. The minimum Gasteiger partial charge on any atom is -0.347 e. The summed E-state index contributed by atoms with van der Waals surface area (Å²) in [4.78, 5) is 37.4. The molecule has 3 amide bonds. The Morgan fingerprint density at radius 2 is 2.00 bits per heavy atom. The number of amides is 3. The van der Waals surface area contributed by atoms with E-state index in [-0.39, 0.29) is 10.7 Å². The first-order valence-corrected chi connectivity index (χ1v) is 10.5. The maximum atomic E-state index is 12.3. The summed E-state index contributed by atoms with van der Waals surface area (Å²) in [5.74, 6) is -1.36. The summed E-state index contributed by atoms with van der Waals surface area (Å²) in [6, 6.07) is 8.82. The number of benzene rings is 1. The Morgan fingerprint density at radius 3 is 2.67 bits per heavy atom. The van der Waals surface area contributed by atoms with Gasteiger partial charge in [0.15, 0.2) is 9.84 Å². The van der Waals surface area contributed by atoms with E-state index in [1.54, 1.807) is 12.2 Å². The van der Waals surface area contributed by atoms with E-state index in [1.807, 2.05) is 30.3 Å². The highest BCUT2D eigenvalue weighted by Gasteiger charge is 2.36. The average Bonchev–Trinajstić information content (AvgIpc) is 3.09. The molecular weight excluding hydrogens is 388 g/mol. The first kappa shape index (κ1) is 19.1. The first-order valence-electron chi connectivity index (χ1n) is 8.01. The number of imide groups is 1. The Kier molecular flexibility index (Phi) is 5.62. The average molecular weight is 404 g/mol. The SMILES string of the molecule is O=C(CN1C(=O)S/C(=C/C=C/c2ccccc2)C1=O)NC1C=CS(=O)(=O)C1. The highest BCUT2D eigenvalue weighted by Crippen LogP contribution is 2.30. The van der Waals surface area contributed by atoms with Crippen LogP contribution in [-0.4, -0.2) is 48.7 Å². The van der Waals surface area contributed by atoms with Gasteiger partial charge in [-0.05, 0) is 29.5 Å². The number of nitrogens with one attached hydrogen (secondary N) is 1. The van der Waals surface area contributed by atoms with Gasteiger partial charge in [0.1, 0.15) is 6.54 Å². The second-order valence-electron chi connectivity index (χ2n) is 5.89. The van der Waals surface area contributed by atoms with Gasteiger partial charge in [-0.2, -0.15) is 0 Å². The summed E-state index contributed by atoms with van der Waals surface area (Å²) in [5, 5.41) is 2.99. The van der Waals surface area contributed by atoms with Gasteiger partial charge in [0.25, 0.3) is 11.1 Å². The third kappa shape index (κ3) is 4.95. The predicted octanol–water partition coefficient (Wildman–Crippen LogP) is 1.71. The van der Waals surface area contributed by atoms with Crippen LogP contribution in [0.4, 0.5) is 4.79 Å². The van der Waals surface area contributed by atoms with Gasteiger partial charge in [-0.3, -0.25) is 19.3 Å². The Balaban J connectivity index is 1.59. The van der Waals surface area contributed by atoms with Gasteiger partial charge in [-0.1, -0.05) is 42.5 Å². The largest absolute Gasteiger partial charge is 0.347 e. The van der Waals surface area contributed by atoms with E-state index in [9.17, 15) is 22.8 Å². The molecule has 0 aromatic heterocycles. The van der Waals surface area contributed by atoms with Crippen molar-refractivity contribution in [3.63, 3.8) is 0 Å². The minimum absolute atomic E-state index is 0.217. The molecule has 1 unspecified atom stereocenters. The van der Waals surface area contributed by atoms with E-state index in [1.165, 1.54) is 12.2 Å². The van der Waals surface area contributed by atoms with Crippen molar-refractivity contribution >= 4 is 44.7 Å². The lowest BCUT2D eigenvalue weighted by Gasteiger charge is -2.14. The monoisotopic (exact) mass is 404 g/mol. The van der Waals surface area contributed by atoms with E-state index in [0.717, 1.165) is 27.6 Å². The van der Waals surface area contributed by atoms with Crippen LogP contribution in [0.2, 0.25) is 0 Å². The summed E-state index contributed by atoms with van der Waals surface area (Å²) < 4.78 is 22.7. The number of carbonyl (C=O) groups is 3. The summed E-state index contributed by atoms with van der Waals surface area (Å²) in [6.45, 7) is -0.450. The molecule has 2 aliphatic heterocycles. The molecule has 7 nitrogen and oxygen atoms in total. The lowest BCUT2D eigenvalue weighted by molar-refractivity contribution is -0.129. The smallest absolute Gasteiger partial charge is 0.294 e. The van der Waals surface area contributed by atoms with Crippen LogP contribution in [0.25, 0.3) is 6.08 Å². The number of thioether (sulfide) groups is 1. The fourth-order valence-corrected chi connectivity index (χ4v) is 4.55. The van der Waals surface area contributed by atoms with Crippen molar-refractivity contribution in [2.45, 2.75) is 6.04 Å². The molecule has 2 aliphatic rings. The van der Waals surface area contributed by atoms with E-state index in [2.05, 4.69) is 5.32 Å². The van der Waals surface area contributed by atoms with Crippen LogP contribution in [0.5, 0.6) is 0 Å².